The summed E-state index contributed by atoms with van der Waals surface area (Å²) in [6, 6.07) is 7.58. The molecule has 0 bridgehead atoms. The van der Waals surface area contributed by atoms with Crippen LogP contribution in [0, 0.1) is 6.92 Å². The molecule has 0 aliphatic rings. The van der Waals surface area contributed by atoms with E-state index in [1.807, 2.05) is 25.1 Å². The summed E-state index contributed by atoms with van der Waals surface area (Å²) in [6.07, 6.45) is 3.44. The van der Waals surface area contributed by atoms with Crippen molar-refractivity contribution in [1.29, 1.82) is 0 Å². The van der Waals surface area contributed by atoms with E-state index in [1.165, 1.54) is 0 Å². The molecule has 0 spiro atoms. The summed E-state index contributed by atoms with van der Waals surface area (Å²) >= 11 is 4.16. The van der Waals surface area contributed by atoms with Crippen LogP contribution in [0.3, 0.4) is 0 Å². The van der Waals surface area contributed by atoms with Gasteiger partial charge in [-0.15, -0.1) is 12.6 Å². The molecule has 0 radical (unpaired) electrons. The second-order valence-corrected chi connectivity index (χ2v) is 3.97. The maximum absolute atomic E-state index is 5.53. The van der Waals surface area contributed by atoms with Crippen molar-refractivity contribution < 1.29 is 4.74 Å². The first-order chi connectivity index (χ1) is 7.74. The third-order valence-corrected chi connectivity index (χ3v) is 2.33. The lowest BCUT2D eigenvalue weighted by atomic mass is 10.2. The molecule has 0 aromatic carbocycles. The van der Waals surface area contributed by atoms with Crippen LogP contribution in [0.15, 0.2) is 41.6 Å². The molecule has 0 N–H and O–H groups in total. The van der Waals surface area contributed by atoms with Gasteiger partial charge in [-0.25, -0.2) is 4.98 Å². The Morgan fingerprint density at radius 1 is 1.25 bits per heavy atom. The predicted octanol–water partition coefficient (Wildman–Crippen LogP) is 2.65. The van der Waals surface area contributed by atoms with Crippen molar-refractivity contribution >= 4 is 12.6 Å². The summed E-state index contributed by atoms with van der Waals surface area (Å²) in [5, 5.41) is 0. The monoisotopic (exact) mass is 232 g/mol. The van der Waals surface area contributed by atoms with Gasteiger partial charge < -0.3 is 4.74 Å². The zero-order valence-electron chi connectivity index (χ0n) is 8.92. The minimum atomic E-state index is 0.502. The second-order valence-electron chi connectivity index (χ2n) is 3.45. The summed E-state index contributed by atoms with van der Waals surface area (Å²) in [5.41, 5.74) is 2.07. The topological polar surface area (TPSA) is 35.0 Å². The van der Waals surface area contributed by atoms with E-state index in [1.54, 1.807) is 18.5 Å². The summed E-state index contributed by atoms with van der Waals surface area (Å²) in [6.45, 7) is 2.46. The first kappa shape index (κ1) is 11.0. The molecule has 82 valence electrons. The number of rotatable bonds is 3. The number of thiol groups is 1. The van der Waals surface area contributed by atoms with Crippen LogP contribution in [0.1, 0.15) is 11.3 Å². The number of aromatic nitrogens is 2. The molecule has 2 rings (SSSR count). The highest BCUT2D eigenvalue weighted by Gasteiger charge is 1.97. The largest absolute Gasteiger partial charge is 0.473 e. The van der Waals surface area contributed by atoms with Crippen LogP contribution < -0.4 is 4.74 Å². The fourth-order valence-electron chi connectivity index (χ4n) is 1.31. The Kier molecular flexibility index (Phi) is 3.41. The average Bonchev–Trinajstić information content (AvgIpc) is 2.28. The SMILES string of the molecule is Cc1cc(COc2ccc(S)cn2)ccn1. The molecular formula is C12H12N2OS. The van der Waals surface area contributed by atoms with E-state index in [0.717, 1.165) is 16.2 Å². The minimum absolute atomic E-state index is 0.502. The predicted molar refractivity (Wildman–Crippen MR) is 64.8 cm³/mol. The Morgan fingerprint density at radius 3 is 2.81 bits per heavy atom. The highest BCUT2D eigenvalue weighted by molar-refractivity contribution is 7.80. The molecule has 4 heteroatoms. The maximum Gasteiger partial charge on any atom is 0.213 e. The van der Waals surface area contributed by atoms with Crippen LogP contribution in [0.4, 0.5) is 0 Å². The standard InChI is InChI=1S/C12H12N2OS/c1-9-6-10(4-5-13-9)8-15-12-3-2-11(16)7-14-12/h2-7,16H,8H2,1H3. The van der Waals surface area contributed by atoms with E-state index >= 15 is 0 Å². The molecule has 2 aromatic heterocycles. The van der Waals surface area contributed by atoms with E-state index in [9.17, 15) is 0 Å². The minimum Gasteiger partial charge on any atom is -0.473 e. The van der Waals surface area contributed by atoms with Crippen LogP contribution in [0.2, 0.25) is 0 Å². The van der Waals surface area contributed by atoms with Gasteiger partial charge in [0.25, 0.3) is 0 Å². The smallest absolute Gasteiger partial charge is 0.213 e. The molecule has 0 amide bonds. The molecule has 2 aromatic rings. The zero-order chi connectivity index (χ0) is 11.4. The Balaban J connectivity index is 1.99. The number of aryl methyl sites for hydroxylation is 1. The van der Waals surface area contributed by atoms with E-state index in [0.29, 0.717) is 12.5 Å². The highest BCUT2D eigenvalue weighted by Crippen LogP contribution is 2.12. The number of ether oxygens (including phenoxy) is 1. The summed E-state index contributed by atoms with van der Waals surface area (Å²) in [5.74, 6) is 0.604. The van der Waals surface area contributed by atoms with Crippen molar-refractivity contribution in [3.8, 4) is 5.88 Å². The Labute approximate surface area is 99.9 Å². The molecule has 0 aliphatic heterocycles. The normalized spacial score (nSPS) is 10.1. The molecule has 0 saturated heterocycles. The van der Waals surface area contributed by atoms with Crippen molar-refractivity contribution in [2.75, 3.05) is 0 Å². The van der Waals surface area contributed by atoms with Gasteiger partial charge in [0.2, 0.25) is 5.88 Å². The second kappa shape index (κ2) is 4.99. The van der Waals surface area contributed by atoms with Gasteiger partial charge >= 0.3 is 0 Å². The van der Waals surface area contributed by atoms with Gasteiger partial charge in [0.05, 0.1) is 0 Å². The van der Waals surface area contributed by atoms with Crippen LogP contribution >= 0.6 is 12.6 Å². The summed E-state index contributed by atoms with van der Waals surface area (Å²) in [7, 11) is 0. The lowest BCUT2D eigenvalue weighted by Gasteiger charge is -2.05. The van der Waals surface area contributed by atoms with Crippen LogP contribution in [-0.4, -0.2) is 9.97 Å². The van der Waals surface area contributed by atoms with Gasteiger partial charge in [-0.3, -0.25) is 4.98 Å². The van der Waals surface area contributed by atoms with Gasteiger partial charge in [0.1, 0.15) is 6.61 Å². The first-order valence-electron chi connectivity index (χ1n) is 4.93. The molecule has 0 atom stereocenters. The molecule has 0 aliphatic carbocycles. The van der Waals surface area contributed by atoms with Crippen molar-refractivity contribution in [3.05, 3.63) is 47.9 Å². The zero-order valence-corrected chi connectivity index (χ0v) is 9.82. The van der Waals surface area contributed by atoms with Crippen molar-refractivity contribution in [2.45, 2.75) is 18.4 Å². The fraction of sp³-hybridized carbons (Fsp3) is 0.167. The number of hydrogen-bond acceptors (Lipinski definition) is 4. The van der Waals surface area contributed by atoms with E-state index < -0.39 is 0 Å². The van der Waals surface area contributed by atoms with Gasteiger partial charge in [0, 0.05) is 29.0 Å². The van der Waals surface area contributed by atoms with Crippen molar-refractivity contribution in [3.63, 3.8) is 0 Å². The highest BCUT2D eigenvalue weighted by atomic mass is 32.1. The average molecular weight is 232 g/mol. The molecular weight excluding hydrogens is 220 g/mol. The molecule has 3 nitrogen and oxygen atoms in total. The summed E-state index contributed by atoms with van der Waals surface area (Å²) in [4.78, 5) is 9.05. The molecule has 0 unspecified atom stereocenters. The fourth-order valence-corrected chi connectivity index (χ4v) is 1.44. The van der Waals surface area contributed by atoms with Crippen LogP contribution in [0.5, 0.6) is 5.88 Å². The Hall–Kier alpha value is -1.55. The lowest BCUT2D eigenvalue weighted by molar-refractivity contribution is 0.293. The molecule has 2 heterocycles. The van der Waals surface area contributed by atoms with Crippen LogP contribution in [-0.2, 0) is 6.61 Å². The first-order valence-corrected chi connectivity index (χ1v) is 5.38. The van der Waals surface area contributed by atoms with Gasteiger partial charge in [-0.05, 0) is 30.7 Å². The van der Waals surface area contributed by atoms with E-state index in [2.05, 4.69) is 22.6 Å². The van der Waals surface area contributed by atoms with Gasteiger partial charge in [-0.2, -0.15) is 0 Å². The van der Waals surface area contributed by atoms with E-state index in [4.69, 9.17) is 4.74 Å². The lowest BCUT2D eigenvalue weighted by Crippen LogP contribution is -1.97. The van der Waals surface area contributed by atoms with Gasteiger partial charge in [-0.1, -0.05) is 0 Å². The van der Waals surface area contributed by atoms with Crippen molar-refractivity contribution in [2.24, 2.45) is 0 Å². The van der Waals surface area contributed by atoms with E-state index in [-0.39, 0.29) is 0 Å². The maximum atomic E-state index is 5.53. The Bertz CT molecular complexity index is 471. The summed E-state index contributed by atoms with van der Waals surface area (Å²) < 4.78 is 5.53. The van der Waals surface area contributed by atoms with Gasteiger partial charge in [0.15, 0.2) is 0 Å². The Morgan fingerprint density at radius 2 is 2.12 bits per heavy atom. The number of pyridine rings is 2. The third kappa shape index (κ3) is 2.97. The third-order valence-electron chi connectivity index (χ3n) is 2.07. The van der Waals surface area contributed by atoms with Crippen LogP contribution in [0.25, 0.3) is 0 Å². The molecule has 16 heavy (non-hydrogen) atoms. The quantitative estimate of drug-likeness (QED) is 0.826. The van der Waals surface area contributed by atoms with Crippen molar-refractivity contribution in [1.82, 2.24) is 9.97 Å². The number of hydrogen-bond donors (Lipinski definition) is 1. The number of nitrogens with zero attached hydrogens (tertiary/aromatic N) is 2. The molecule has 0 fully saturated rings. The molecule has 0 saturated carbocycles.